The third-order valence-electron chi connectivity index (χ3n) is 2.79. The first-order valence-corrected chi connectivity index (χ1v) is 6.47. The summed E-state index contributed by atoms with van der Waals surface area (Å²) >= 11 is 0. The van der Waals surface area contributed by atoms with E-state index in [-0.39, 0.29) is 5.54 Å². The lowest BCUT2D eigenvalue weighted by atomic mass is 10.1. The summed E-state index contributed by atoms with van der Waals surface area (Å²) < 4.78 is 1.98. The van der Waals surface area contributed by atoms with E-state index >= 15 is 0 Å². The number of rotatable bonds is 4. The van der Waals surface area contributed by atoms with Crippen LogP contribution in [0.5, 0.6) is 0 Å². The van der Waals surface area contributed by atoms with Crippen LogP contribution in [0.25, 0.3) is 0 Å². The maximum absolute atomic E-state index is 4.37. The quantitative estimate of drug-likeness (QED) is 0.912. The highest BCUT2D eigenvalue weighted by Crippen LogP contribution is 2.13. The van der Waals surface area contributed by atoms with Gasteiger partial charge in [0.05, 0.1) is 23.1 Å². The van der Waals surface area contributed by atoms with Crippen molar-refractivity contribution in [3.05, 3.63) is 41.7 Å². The molecule has 5 heteroatoms. The zero-order valence-corrected chi connectivity index (χ0v) is 12.0. The topological polar surface area (TPSA) is 55.6 Å². The Hall–Kier alpha value is -1.75. The fraction of sp³-hybridized carbons (Fsp3) is 0.500. The zero-order valence-electron chi connectivity index (χ0n) is 12.0. The SMILES string of the molecule is Cc1cnc(CNCc2cnn(C(C)(C)C)c2)cn1. The van der Waals surface area contributed by atoms with Crippen LogP contribution in [0.15, 0.2) is 24.8 Å². The molecule has 102 valence electrons. The maximum Gasteiger partial charge on any atom is 0.0724 e. The fourth-order valence-electron chi connectivity index (χ4n) is 1.66. The summed E-state index contributed by atoms with van der Waals surface area (Å²) in [5.74, 6) is 0. The molecule has 0 spiro atoms. The third kappa shape index (κ3) is 3.86. The predicted molar refractivity (Wildman–Crippen MR) is 74.5 cm³/mol. The van der Waals surface area contributed by atoms with Crippen LogP contribution < -0.4 is 5.32 Å². The van der Waals surface area contributed by atoms with E-state index in [2.05, 4.69) is 47.4 Å². The van der Waals surface area contributed by atoms with Gasteiger partial charge in [-0.3, -0.25) is 14.6 Å². The van der Waals surface area contributed by atoms with Crippen molar-refractivity contribution in [1.82, 2.24) is 25.1 Å². The van der Waals surface area contributed by atoms with Gasteiger partial charge >= 0.3 is 0 Å². The molecule has 0 amide bonds. The van der Waals surface area contributed by atoms with Crippen molar-refractivity contribution in [2.45, 2.75) is 46.3 Å². The largest absolute Gasteiger partial charge is 0.307 e. The molecular weight excluding hydrogens is 238 g/mol. The number of nitrogens with one attached hydrogen (secondary N) is 1. The normalized spacial score (nSPS) is 11.8. The predicted octanol–water partition coefficient (Wildman–Crippen LogP) is 2.03. The van der Waals surface area contributed by atoms with Gasteiger partial charge in [0.1, 0.15) is 0 Å². The van der Waals surface area contributed by atoms with Crippen molar-refractivity contribution >= 4 is 0 Å². The van der Waals surface area contributed by atoms with Crippen molar-refractivity contribution in [2.75, 3.05) is 0 Å². The molecule has 2 aromatic rings. The first-order chi connectivity index (χ1) is 8.95. The molecule has 19 heavy (non-hydrogen) atoms. The lowest BCUT2D eigenvalue weighted by molar-refractivity contribution is 0.355. The number of hydrogen-bond acceptors (Lipinski definition) is 4. The first-order valence-electron chi connectivity index (χ1n) is 6.47. The van der Waals surface area contributed by atoms with Crippen LogP contribution in [-0.4, -0.2) is 19.7 Å². The van der Waals surface area contributed by atoms with Crippen molar-refractivity contribution < 1.29 is 0 Å². The van der Waals surface area contributed by atoms with Gasteiger partial charge in [-0.15, -0.1) is 0 Å². The Kier molecular flexibility index (Phi) is 3.95. The van der Waals surface area contributed by atoms with Gasteiger partial charge in [0.2, 0.25) is 0 Å². The molecular formula is C14H21N5. The number of aromatic nitrogens is 4. The van der Waals surface area contributed by atoms with E-state index in [1.165, 1.54) is 5.56 Å². The van der Waals surface area contributed by atoms with E-state index in [0.29, 0.717) is 6.54 Å². The molecule has 1 N–H and O–H groups in total. The minimum absolute atomic E-state index is 0.0285. The minimum Gasteiger partial charge on any atom is -0.307 e. The molecule has 0 fully saturated rings. The Balaban J connectivity index is 1.86. The van der Waals surface area contributed by atoms with Gasteiger partial charge in [0, 0.05) is 37.2 Å². The van der Waals surface area contributed by atoms with Crippen molar-refractivity contribution in [3.8, 4) is 0 Å². The monoisotopic (exact) mass is 259 g/mol. The highest BCUT2D eigenvalue weighted by Gasteiger charge is 2.13. The molecule has 0 radical (unpaired) electrons. The molecule has 0 aliphatic heterocycles. The van der Waals surface area contributed by atoms with Gasteiger partial charge in [-0.25, -0.2) is 0 Å². The second kappa shape index (κ2) is 5.48. The summed E-state index contributed by atoms with van der Waals surface area (Å²) in [6.45, 7) is 9.85. The van der Waals surface area contributed by atoms with E-state index in [4.69, 9.17) is 0 Å². The fourth-order valence-corrected chi connectivity index (χ4v) is 1.66. The smallest absolute Gasteiger partial charge is 0.0724 e. The third-order valence-corrected chi connectivity index (χ3v) is 2.79. The van der Waals surface area contributed by atoms with Crippen LogP contribution in [-0.2, 0) is 18.6 Å². The van der Waals surface area contributed by atoms with E-state index in [1.807, 2.05) is 17.8 Å². The second-order valence-corrected chi connectivity index (χ2v) is 5.72. The van der Waals surface area contributed by atoms with E-state index in [0.717, 1.165) is 17.9 Å². The highest BCUT2D eigenvalue weighted by molar-refractivity contribution is 5.06. The molecule has 2 heterocycles. The number of hydrogen-bond donors (Lipinski definition) is 1. The summed E-state index contributed by atoms with van der Waals surface area (Å²) in [4.78, 5) is 8.53. The molecule has 0 unspecified atom stereocenters. The summed E-state index contributed by atoms with van der Waals surface area (Å²) in [6, 6.07) is 0. The molecule has 0 aliphatic carbocycles. The van der Waals surface area contributed by atoms with Crippen LogP contribution in [0.3, 0.4) is 0 Å². The van der Waals surface area contributed by atoms with E-state index in [1.54, 1.807) is 12.4 Å². The van der Waals surface area contributed by atoms with Gasteiger partial charge in [-0.2, -0.15) is 5.10 Å². The average molecular weight is 259 g/mol. The highest BCUT2D eigenvalue weighted by atomic mass is 15.3. The zero-order chi connectivity index (χ0) is 13.9. The van der Waals surface area contributed by atoms with E-state index < -0.39 is 0 Å². The minimum atomic E-state index is 0.0285. The standard InChI is InChI=1S/C14H21N5/c1-11-5-17-13(9-16-11)8-15-6-12-7-18-19(10-12)14(2,3)4/h5,7,9-10,15H,6,8H2,1-4H3. The molecule has 0 saturated heterocycles. The van der Waals surface area contributed by atoms with Crippen molar-refractivity contribution in [2.24, 2.45) is 0 Å². The lowest BCUT2D eigenvalue weighted by Gasteiger charge is -2.18. The average Bonchev–Trinajstić information content (AvgIpc) is 2.80. The van der Waals surface area contributed by atoms with Crippen LogP contribution in [0.2, 0.25) is 0 Å². The summed E-state index contributed by atoms with van der Waals surface area (Å²) in [6.07, 6.45) is 7.57. The number of aryl methyl sites for hydroxylation is 1. The summed E-state index contributed by atoms with van der Waals surface area (Å²) in [5, 5.41) is 7.72. The van der Waals surface area contributed by atoms with Crippen LogP contribution >= 0.6 is 0 Å². The Morgan fingerprint density at radius 2 is 1.89 bits per heavy atom. The van der Waals surface area contributed by atoms with Gasteiger partial charge in [0.25, 0.3) is 0 Å². The van der Waals surface area contributed by atoms with Gasteiger partial charge < -0.3 is 5.32 Å². The Bertz CT molecular complexity index is 522. The van der Waals surface area contributed by atoms with Crippen molar-refractivity contribution in [3.63, 3.8) is 0 Å². The maximum atomic E-state index is 4.37. The van der Waals surface area contributed by atoms with Gasteiger partial charge in [-0.05, 0) is 27.7 Å². The molecule has 0 saturated carbocycles. The van der Waals surface area contributed by atoms with Crippen LogP contribution in [0, 0.1) is 6.92 Å². The second-order valence-electron chi connectivity index (χ2n) is 5.72. The first kappa shape index (κ1) is 13.7. The molecule has 0 aromatic carbocycles. The van der Waals surface area contributed by atoms with Crippen LogP contribution in [0.1, 0.15) is 37.7 Å². The molecule has 5 nitrogen and oxygen atoms in total. The molecule has 0 bridgehead atoms. The Labute approximate surface area is 114 Å². The Morgan fingerprint density at radius 1 is 1.11 bits per heavy atom. The number of nitrogens with zero attached hydrogens (tertiary/aromatic N) is 4. The molecule has 0 atom stereocenters. The molecule has 2 rings (SSSR count). The van der Waals surface area contributed by atoms with Crippen molar-refractivity contribution in [1.29, 1.82) is 0 Å². The summed E-state index contributed by atoms with van der Waals surface area (Å²) in [7, 11) is 0. The Morgan fingerprint density at radius 3 is 2.47 bits per heavy atom. The van der Waals surface area contributed by atoms with Gasteiger partial charge in [-0.1, -0.05) is 0 Å². The van der Waals surface area contributed by atoms with E-state index in [9.17, 15) is 0 Å². The van der Waals surface area contributed by atoms with Crippen LogP contribution in [0.4, 0.5) is 0 Å². The molecule has 2 aromatic heterocycles. The lowest BCUT2D eigenvalue weighted by Crippen LogP contribution is -2.22. The summed E-state index contributed by atoms with van der Waals surface area (Å²) in [5.41, 5.74) is 3.10. The molecule has 0 aliphatic rings. The van der Waals surface area contributed by atoms with Gasteiger partial charge in [0.15, 0.2) is 0 Å².